The van der Waals surface area contributed by atoms with E-state index in [4.69, 9.17) is 11.6 Å². The number of amides is 2. The van der Waals surface area contributed by atoms with E-state index < -0.39 is 0 Å². The van der Waals surface area contributed by atoms with Gasteiger partial charge in [0.05, 0.1) is 25.2 Å². The average molecular weight is 416 g/mol. The number of hydrogen-bond donors (Lipinski definition) is 1. The summed E-state index contributed by atoms with van der Waals surface area (Å²) in [5, 5.41) is 0.579. The fourth-order valence-corrected chi connectivity index (χ4v) is 4.69. The van der Waals surface area contributed by atoms with Gasteiger partial charge in [0.2, 0.25) is 5.91 Å². The Kier molecular flexibility index (Phi) is 5.97. The zero-order valence-corrected chi connectivity index (χ0v) is 17.0. The van der Waals surface area contributed by atoms with Crippen LogP contribution in [0.1, 0.15) is 31.2 Å². The molecule has 2 fully saturated rings. The number of quaternary nitrogens is 1. The van der Waals surface area contributed by atoms with Crippen molar-refractivity contribution in [2.45, 2.75) is 38.1 Å². The van der Waals surface area contributed by atoms with Crippen LogP contribution in [0.5, 0.6) is 0 Å². The molecule has 4 nitrogen and oxygen atoms in total. The lowest BCUT2D eigenvalue weighted by Crippen LogP contribution is -3.17. The number of nitrogens with one attached hydrogen (secondary N) is 1. The van der Waals surface area contributed by atoms with Gasteiger partial charge in [-0.3, -0.25) is 9.59 Å². The fraction of sp³-hybridized carbons (Fsp3) is 0.391. The average Bonchev–Trinajstić information content (AvgIpc) is 3.02. The number of nitrogens with zero attached hydrogens (tertiary/aromatic N) is 1. The second kappa shape index (κ2) is 8.64. The number of carbonyl (C=O) groups is 2. The quantitative estimate of drug-likeness (QED) is 0.763. The number of carbonyl (C=O) groups excluding carboxylic acids is 2. The van der Waals surface area contributed by atoms with Gasteiger partial charge in [-0.2, -0.15) is 0 Å². The van der Waals surface area contributed by atoms with Gasteiger partial charge in [-0.25, -0.2) is 9.29 Å². The van der Waals surface area contributed by atoms with Gasteiger partial charge in [0.15, 0.2) is 6.04 Å². The highest BCUT2D eigenvalue weighted by Gasteiger charge is 2.46. The summed E-state index contributed by atoms with van der Waals surface area (Å²) >= 11 is 5.92. The summed E-state index contributed by atoms with van der Waals surface area (Å²) in [5.74, 6) is 0.159. The van der Waals surface area contributed by atoms with Crippen molar-refractivity contribution in [2.24, 2.45) is 5.92 Å². The molecule has 2 aromatic rings. The maximum absolute atomic E-state index is 13.3. The number of benzene rings is 2. The molecule has 0 bridgehead atoms. The lowest BCUT2D eigenvalue weighted by atomic mass is 9.90. The minimum absolute atomic E-state index is 0.106. The van der Waals surface area contributed by atoms with E-state index in [-0.39, 0.29) is 30.1 Å². The fourth-order valence-electron chi connectivity index (χ4n) is 4.56. The number of hydrogen-bond acceptors (Lipinski definition) is 2. The molecule has 0 unspecified atom stereocenters. The zero-order valence-electron chi connectivity index (χ0n) is 16.2. The van der Waals surface area contributed by atoms with Gasteiger partial charge in [-0.05, 0) is 73.6 Å². The Hall–Kier alpha value is -2.24. The van der Waals surface area contributed by atoms with Crippen molar-refractivity contribution >= 4 is 29.1 Å². The molecule has 1 atom stereocenters. The Morgan fingerprint density at radius 2 is 1.79 bits per heavy atom. The van der Waals surface area contributed by atoms with E-state index in [9.17, 15) is 14.0 Å². The Labute approximate surface area is 175 Å². The lowest BCUT2D eigenvalue weighted by molar-refractivity contribution is -0.920. The van der Waals surface area contributed by atoms with Crippen LogP contribution >= 0.6 is 11.6 Å². The number of aryl methyl sites for hydroxylation is 1. The predicted molar refractivity (Wildman–Crippen MR) is 110 cm³/mol. The van der Waals surface area contributed by atoms with Gasteiger partial charge in [0.1, 0.15) is 5.82 Å². The number of imide groups is 1. The van der Waals surface area contributed by atoms with Crippen LogP contribution in [0.3, 0.4) is 0 Å². The van der Waals surface area contributed by atoms with Crippen molar-refractivity contribution < 1.29 is 18.9 Å². The summed E-state index contributed by atoms with van der Waals surface area (Å²) in [7, 11) is 0. The van der Waals surface area contributed by atoms with Crippen LogP contribution in [0.25, 0.3) is 0 Å². The Balaban J connectivity index is 1.32. The summed E-state index contributed by atoms with van der Waals surface area (Å²) in [5.41, 5.74) is 1.63. The first kappa shape index (κ1) is 20.0. The van der Waals surface area contributed by atoms with E-state index in [1.54, 1.807) is 36.4 Å². The first-order valence-electron chi connectivity index (χ1n) is 10.2. The van der Waals surface area contributed by atoms with Crippen LogP contribution in [0.15, 0.2) is 48.5 Å². The maximum Gasteiger partial charge on any atom is 0.292 e. The van der Waals surface area contributed by atoms with Crippen LogP contribution in [-0.2, 0) is 16.0 Å². The molecule has 29 heavy (non-hydrogen) atoms. The molecule has 0 aromatic heterocycles. The third-order valence-corrected chi connectivity index (χ3v) is 6.45. The molecular weight excluding hydrogens is 391 g/mol. The van der Waals surface area contributed by atoms with Crippen molar-refractivity contribution in [1.82, 2.24) is 0 Å². The van der Waals surface area contributed by atoms with E-state index in [0.717, 1.165) is 44.3 Å². The molecular formula is C23H25ClFN2O2+. The standard InChI is InChI=1S/C23H24ClFN2O2/c24-18-6-8-20(9-7-18)27-22(28)15-21(23(27)29)26-12-10-16(11-13-26)4-5-17-2-1-3-19(25)14-17/h1-3,6-9,14,16,21H,4-5,10-13,15H2/p+1/t21-/m1/s1. The molecule has 0 radical (unpaired) electrons. The monoisotopic (exact) mass is 415 g/mol. The highest BCUT2D eigenvalue weighted by Crippen LogP contribution is 2.25. The molecule has 0 aliphatic carbocycles. The second-order valence-corrected chi connectivity index (χ2v) is 8.51. The van der Waals surface area contributed by atoms with Crippen LogP contribution in [0.2, 0.25) is 5.02 Å². The van der Waals surface area contributed by atoms with Gasteiger partial charge in [-0.15, -0.1) is 0 Å². The molecule has 1 N–H and O–H groups in total. The van der Waals surface area contributed by atoms with Gasteiger partial charge in [-0.1, -0.05) is 23.7 Å². The van der Waals surface area contributed by atoms with Crippen LogP contribution in [-0.4, -0.2) is 30.9 Å². The van der Waals surface area contributed by atoms with E-state index in [1.165, 1.54) is 15.9 Å². The van der Waals surface area contributed by atoms with Gasteiger partial charge >= 0.3 is 0 Å². The van der Waals surface area contributed by atoms with E-state index >= 15 is 0 Å². The van der Waals surface area contributed by atoms with Gasteiger partial charge in [0.25, 0.3) is 5.91 Å². The normalized spacial score (nSPS) is 24.9. The van der Waals surface area contributed by atoms with Crippen molar-refractivity contribution in [3.63, 3.8) is 0 Å². The molecule has 152 valence electrons. The number of piperidine rings is 1. The first-order chi connectivity index (χ1) is 14.0. The Morgan fingerprint density at radius 1 is 1.07 bits per heavy atom. The molecule has 2 heterocycles. The van der Waals surface area contributed by atoms with Crippen LogP contribution in [0.4, 0.5) is 10.1 Å². The predicted octanol–water partition coefficient (Wildman–Crippen LogP) is 3.04. The lowest BCUT2D eigenvalue weighted by Gasteiger charge is -2.32. The third kappa shape index (κ3) is 4.51. The number of likely N-dealkylation sites (tertiary alicyclic amines) is 1. The summed E-state index contributed by atoms with van der Waals surface area (Å²) in [6.07, 6.45) is 4.24. The molecule has 6 heteroatoms. The topological polar surface area (TPSA) is 41.8 Å². The van der Waals surface area contributed by atoms with Crippen molar-refractivity contribution in [2.75, 3.05) is 18.0 Å². The molecule has 2 amide bonds. The van der Waals surface area contributed by atoms with Gasteiger partial charge in [0, 0.05) is 5.02 Å². The molecule has 2 aromatic carbocycles. The summed E-state index contributed by atoms with van der Waals surface area (Å²) in [6, 6.07) is 13.3. The molecule has 2 aliphatic rings. The zero-order chi connectivity index (χ0) is 20.4. The Morgan fingerprint density at radius 3 is 2.48 bits per heavy atom. The van der Waals surface area contributed by atoms with E-state index in [2.05, 4.69) is 0 Å². The molecule has 2 aliphatic heterocycles. The second-order valence-electron chi connectivity index (χ2n) is 8.07. The minimum atomic E-state index is -0.289. The summed E-state index contributed by atoms with van der Waals surface area (Å²) in [6.45, 7) is 1.79. The van der Waals surface area contributed by atoms with Gasteiger partial charge < -0.3 is 4.90 Å². The van der Waals surface area contributed by atoms with E-state index in [0.29, 0.717) is 16.6 Å². The van der Waals surface area contributed by atoms with E-state index in [1.807, 2.05) is 6.07 Å². The van der Waals surface area contributed by atoms with Crippen molar-refractivity contribution in [3.05, 3.63) is 64.9 Å². The van der Waals surface area contributed by atoms with Crippen LogP contribution in [0, 0.1) is 11.7 Å². The molecule has 2 saturated heterocycles. The minimum Gasteiger partial charge on any atom is -0.324 e. The highest BCUT2D eigenvalue weighted by molar-refractivity contribution is 6.30. The van der Waals surface area contributed by atoms with Crippen molar-refractivity contribution in [1.29, 1.82) is 0 Å². The highest BCUT2D eigenvalue weighted by atomic mass is 35.5. The van der Waals surface area contributed by atoms with Crippen LogP contribution < -0.4 is 9.80 Å². The largest absolute Gasteiger partial charge is 0.324 e. The number of anilines is 1. The summed E-state index contributed by atoms with van der Waals surface area (Å²) in [4.78, 5) is 28.0. The number of rotatable bonds is 5. The first-order valence-corrected chi connectivity index (χ1v) is 10.6. The molecule has 0 saturated carbocycles. The van der Waals surface area contributed by atoms with Crippen molar-refractivity contribution in [3.8, 4) is 0 Å². The number of halogens is 2. The maximum atomic E-state index is 13.3. The SMILES string of the molecule is O=C1C[C@@H]([NH+]2CCC(CCc3cccc(F)c3)CC2)C(=O)N1c1ccc(Cl)cc1. The smallest absolute Gasteiger partial charge is 0.292 e. The molecule has 0 spiro atoms. The Bertz CT molecular complexity index is 894. The summed E-state index contributed by atoms with van der Waals surface area (Å²) < 4.78 is 13.3. The molecule has 4 rings (SSSR count). The third-order valence-electron chi connectivity index (χ3n) is 6.20.